The highest BCUT2D eigenvalue weighted by molar-refractivity contribution is 9.10. The number of rotatable bonds is 3. The van der Waals surface area contributed by atoms with E-state index in [2.05, 4.69) is 25.9 Å². The molecule has 0 saturated carbocycles. The molecule has 0 amide bonds. The van der Waals surface area contributed by atoms with Gasteiger partial charge in [0, 0.05) is 7.11 Å². The summed E-state index contributed by atoms with van der Waals surface area (Å²) < 4.78 is 5.88. The quantitative estimate of drug-likeness (QED) is 0.928. The topological polar surface area (TPSA) is 61.0 Å². The lowest BCUT2D eigenvalue weighted by Crippen LogP contribution is -2.11. The summed E-state index contributed by atoms with van der Waals surface area (Å²) >= 11 is 5.32. The van der Waals surface area contributed by atoms with Gasteiger partial charge in [0.1, 0.15) is 11.6 Å². The molecule has 1 unspecified atom stereocenters. The maximum absolute atomic E-state index is 5.90. The number of nitrogens with two attached hydrogens (primary N) is 1. The van der Waals surface area contributed by atoms with Crippen LogP contribution in [0.15, 0.2) is 4.47 Å². The van der Waals surface area contributed by atoms with Crippen LogP contribution in [0.1, 0.15) is 36.0 Å². The summed E-state index contributed by atoms with van der Waals surface area (Å²) in [6.45, 7) is 0.456. The molecule has 1 aromatic rings. The second-order valence-corrected chi connectivity index (χ2v) is 6.12. The standard InChI is InChI=1S/C11H16BrN3OS/c1-16-6-7-9(12)10(13)15-11(14-7)8-4-2-3-5-17-8/h8H,2-6H2,1H3,(H2,13,14,15). The molecule has 0 aliphatic carbocycles. The van der Waals surface area contributed by atoms with Gasteiger partial charge in [0.15, 0.2) is 0 Å². The van der Waals surface area contributed by atoms with Crippen LogP contribution in [0.25, 0.3) is 0 Å². The van der Waals surface area contributed by atoms with Gasteiger partial charge in [0.25, 0.3) is 0 Å². The van der Waals surface area contributed by atoms with Gasteiger partial charge in [-0.25, -0.2) is 9.97 Å². The van der Waals surface area contributed by atoms with Crippen molar-refractivity contribution in [1.82, 2.24) is 9.97 Å². The molecule has 1 atom stereocenters. The van der Waals surface area contributed by atoms with Crippen molar-refractivity contribution in [3.05, 3.63) is 16.0 Å². The van der Waals surface area contributed by atoms with E-state index in [9.17, 15) is 0 Å². The van der Waals surface area contributed by atoms with Gasteiger partial charge < -0.3 is 10.5 Å². The SMILES string of the molecule is COCc1nc(C2CCCCS2)nc(N)c1Br. The first-order valence-electron chi connectivity index (χ1n) is 5.64. The average molecular weight is 318 g/mol. The third kappa shape index (κ3) is 3.11. The van der Waals surface area contributed by atoms with Crippen LogP contribution < -0.4 is 5.73 Å². The summed E-state index contributed by atoms with van der Waals surface area (Å²) in [6, 6.07) is 0. The molecule has 2 heterocycles. The Morgan fingerprint density at radius 3 is 2.94 bits per heavy atom. The first-order chi connectivity index (χ1) is 8.22. The zero-order valence-corrected chi connectivity index (χ0v) is 12.2. The lowest BCUT2D eigenvalue weighted by molar-refractivity contribution is 0.180. The van der Waals surface area contributed by atoms with Crippen molar-refractivity contribution in [3.63, 3.8) is 0 Å². The second-order valence-electron chi connectivity index (χ2n) is 4.02. The summed E-state index contributed by atoms with van der Waals surface area (Å²) in [6.07, 6.45) is 3.67. The molecule has 4 nitrogen and oxygen atoms in total. The summed E-state index contributed by atoms with van der Waals surface area (Å²) in [5.41, 5.74) is 6.73. The van der Waals surface area contributed by atoms with Gasteiger partial charge in [-0.2, -0.15) is 11.8 Å². The molecule has 1 saturated heterocycles. The van der Waals surface area contributed by atoms with E-state index in [-0.39, 0.29) is 0 Å². The Bertz CT molecular complexity index is 397. The van der Waals surface area contributed by atoms with Gasteiger partial charge in [-0.05, 0) is 34.5 Å². The first kappa shape index (κ1) is 13.1. The Hall–Kier alpha value is -0.330. The molecule has 6 heteroatoms. The Labute approximate surface area is 114 Å². The molecule has 0 radical (unpaired) electrons. The Balaban J connectivity index is 2.27. The molecule has 0 spiro atoms. The van der Waals surface area contributed by atoms with Crippen LogP contribution in [0.5, 0.6) is 0 Å². The zero-order valence-electron chi connectivity index (χ0n) is 9.78. The zero-order chi connectivity index (χ0) is 12.3. The molecule has 1 aromatic heterocycles. The van der Waals surface area contributed by atoms with Gasteiger partial charge >= 0.3 is 0 Å². The molecule has 1 aliphatic rings. The van der Waals surface area contributed by atoms with Crippen LogP contribution in [-0.4, -0.2) is 22.8 Å². The minimum Gasteiger partial charge on any atom is -0.383 e. The summed E-state index contributed by atoms with van der Waals surface area (Å²) in [5.74, 6) is 2.54. The van der Waals surface area contributed by atoms with Crippen molar-refractivity contribution in [2.45, 2.75) is 31.1 Å². The number of hydrogen-bond acceptors (Lipinski definition) is 5. The number of hydrogen-bond donors (Lipinski definition) is 1. The van der Waals surface area contributed by atoms with Gasteiger partial charge in [-0.1, -0.05) is 6.42 Å². The van der Waals surface area contributed by atoms with E-state index in [0.29, 0.717) is 17.7 Å². The van der Waals surface area contributed by atoms with Crippen molar-refractivity contribution >= 4 is 33.5 Å². The Morgan fingerprint density at radius 1 is 1.47 bits per heavy atom. The van der Waals surface area contributed by atoms with E-state index in [1.54, 1.807) is 7.11 Å². The van der Waals surface area contributed by atoms with Gasteiger partial charge in [0.2, 0.25) is 0 Å². The number of ether oxygens (including phenoxy) is 1. The van der Waals surface area contributed by atoms with Crippen LogP contribution in [-0.2, 0) is 11.3 Å². The molecular formula is C11H16BrN3OS. The van der Waals surface area contributed by atoms with Crippen molar-refractivity contribution in [2.24, 2.45) is 0 Å². The number of nitrogen functional groups attached to an aromatic ring is 1. The summed E-state index contributed by atoms with van der Waals surface area (Å²) in [7, 11) is 1.65. The van der Waals surface area contributed by atoms with E-state index in [1.807, 2.05) is 11.8 Å². The highest BCUT2D eigenvalue weighted by Crippen LogP contribution is 2.37. The van der Waals surface area contributed by atoms with Crippen LogP contribution in [0.3, 0.4) is 0 Å². The molecule has 0 bridgehead atoms. The fourth-order valence-corrected chi connectivity index (χ4v) is 3.39. The monoisotopic (exact) mass is 317 g/mol. The van der Waals surface area contributed by atoms with Crippen molar-refractivity contribution in [3.8, 4) is 0 Å². The molecule has 0 aromatic carbocycles. The lowest BCUT2D eigenvalue weighted by atomic mass is 10.2. The van der Waals surface area contributed by atoms with Gasteiger partial charge in [0.05, 0.1) is 22.0 Å². The van der Waals surface area contributed by atoms with Gasteiger partial charge in [-0.15, -0.1) is 0 Å². The van der Waals surface area contributed by atoms with E-state index in [1.165, 1.54) is 18.6 Å². The second kappa shape index (κ2) is 6.02. The molecule has 2 N–H and O–H groups in total. The van der Waals surface area contributed by atoms with E-state index >= 15 is 0 Å². The molecular weight excluding hydrogens is 302 g/mol. The van der Waals surface area contributed by atoms with Crippen molar-refractivity contribution in [2.75, 3.05) is 18.6 Å². The fraction of sp³-hybridized carbons (Fsp3) is 0.636. The van der Waals surface area contributed by atoms with Crippen LogP contribution in [0.2, 0.25) is 0 Å². The molecule has 1 fully saturated rings. The summed E-state index contributed by atoms with van der Waals surface area (Å²) in [5, 5.41) is 0.384. The predicted octanol–water partition coefficient (Wildman–Crippen LogP) is 2.93. The molecule has 1 aliphatic heterocycles. The highest BCUT2D eigenvalue weighted by atomic mass is 79.9. The molecule has 2 rings (SSSR count). The molecule has 94 valence electrons. The average Bonchev–Trinajstić information content (AvgIpc) is 2.36. The number of nitrogens with zero attached hydrogens (tertiary/aromatic N) is 2. The minimum absolute atomic E-state index is 0.384. The maximum atomic E-state index is 5.90. The molecule has 17 heavy (non-hydrogen) atoms. The lowest BCUT2D eigenvalue weighted by Gasteiger charge is -2.21. The van der Waals surface area contributed by atoms with E-state index in [4.69, 9.17) is 10.5 Å². The number of halogens is 1. The largest absolute Gasteiger partial charge is 0.383 e. The first-order valence-corrected chi connectivity index (χ1v) is 7.49. The Morgan fingerprint density at radius 2 is 2.29 bits per heavy atom. The van der Waals surface area contributed by atoms with Crippen LogP contribution in [0, 0.1) is 0 Å². The number of anilines is 1. The Kier molecular flexibility index (Phi) is 4.64. The fourth-order valence-electron chi connectivity index (χ4n) is 1.85. The smallest absolute Gasteiger partial charge is 0.144 e. The third-order valence-electron chi connectivity index (χ3n) is 2.71. The van der Waals surface area contributed by atoms with Crippen LogP contribution in [0.4, 0.5) is 5.82 Å². The van der Waals surface area contributed by atoms with Crippen molar-refractivity contribution in [1.29, 1.82) is 0 Å². The number of thioether (sulfide) groups is 1. The van der Waals surface area contributed by atoms with E-state index < -0.39 is 0 Å². The number of aromatic nitrogens is 2. The highest BCUT2D eigenvalue weighted by Gasteiger charge is 2.21. The van der Waals surface area contributed by atoms with Crippen molar-refractivity contribution < 1.29 is 4.74 Å². The third-order valence-corrected chi connectivity index (χ3v) is 4.95. The van der Waals surface area contributed by atoms with Crippen LogP contribution >= 0.6 is 27.7 Å². The van der Waals surface area contributed by atoms with Gasteiger partial charge in [-0.3, -0.25) is 0 Å². The minimum atomic E-state index is 0.384. The normalized spacial score (nSPS) is 20.5. The number of methoxy groups -OCH3 is 1. The predicted molar refractivity (Wildman–Crippen MR) is 73.9 cm³/mol. The summed E-state index contributed by atoms with van der Waals surface area (Å²) in [4.78, 5) is 8.95. The van der Waals surface area contributed by atoms with E-state index in [0.717, 1.165) is 22.4 Å². The maximum Gasteiger partial charge on any atom is 0.144 e.